The Morgan fingerprint density at radius 2 is 2.07 bits per heavy atom. The lowest BCUT2D eigenvalue weighted by molar-refractivity contribution is 0.176. The number of sulfone groups is 1. The van der Waals surface area contributed by atoms with Crippen molar-refractivity contribution in [2.24, 2.45) is 0 Å². The average Bonchev–Trinajstić information content (AvgIpc) is 2.15. The van der Waals surface area contributed by atoms with Crippen molar-refractivity contribution < 1.29 is 8.42 Å². The summed E-state index contributed by atoms with van der Waals surface area (Å²) in [5.41, 5.74) is 1.17. The molecule has 1 heterocycles. The highest BCUT2D eigenvalue weighted by molar-refractivity contribution is 7.91. The Morgan fingerprint density at radius 1 is 1.33 bits per heavy atom. The van der Waals surface area contributed by atoms with Crippen molar-refractivity contribution in [1.29, 1.82) is 0 Å². The Morgan fingerprint density at radius 3 is 2.73 bits per heavy atom. The summed E-state index contributed by atoms with van der Waals surface area (Å²) >= 11 is 0. The lowest BCUT2D eigenvalue weighted by Gasteiger charge is -2.46. The minimum absolute atomic E-state index is 0.185. The first-order valence-electron chi connectivity index (χ1n) is 5.54. The van der Waals surface area contributed by atoms with Gasteiger partial charge >= 0.3 is 0 Å². The van der Waals surface area contributed by atoms with E-state index < -0.39 is 9.84 Å². The van der Waals surface area contributed by atoms with Crippen LogP contribution in [-0.2, 0) is 9.84 Å². The van der Waals surface area contributed by atoms with Gasteiger partial charge in [0.25, 0.3) is 0 Å². The summed E-state index contributed by atoms with van der Waals surface area (Å²) in [7, 11) is 1.13. The zero-order valence-electron chi connectivity index (χ0n) is 9.49. The summed E-state index contributed by atoms with van der Waals surface area (Å²) in [6.45, 7) is 0. The van der Waals surface area contributed by atoms with Crippen molar-refractivity contribution in [1.82, 2.24) is 4.90 Å². The van der Waals surface area contributed by atoms with Gasteiger partial charge in [-0.25, -0.2) is 8.42 Å². The molecular formula is C11H19NO2S. The van der Waals surface area contributed by atoms with Gasteiger partial charge in [-0.05, 0) is 33.4 Å². The van der Waals surface area contributed by atoms with Crippen LogP contribution in [0.1, 0.15) is 25.7 Å². The fraction of sp³-hybridized carbons (Fsp3) is 0.818. The Balaban J connectivity index is 2.44. The topological polar surface area (TPSA) is 37.4 Å². The molecule has 0 aromatic rings. The van der Waals surface area contributed by atoms with Crippen LogP contribution >= 0.6 is 0 Å². The highest BCUT2D eigenvalue weighted by Crippen LogP contribution is 2.40. The van der Waals surface area contributed by atoms with E-state index in [-0.39, 0.29) is 11.3 Å². The van der Waals surface area contributed by atoms with Gasteiger partial charge < -0.3 is 0 Å². The molecule has 2 rings (SSSR count). The number of hydrogen-bond acceptors (Lipinski definition) is 3. The van der Waals surface area contributed by atoms with Crippen LogP contribution in [0.25, 0.3) is 0 Å². The number of hydrogen-bond donors (Lipinski definition) is 0. The van der Waals surface area contributed by atoms with E-state index in [9.17, 15) is 8.42 Å². The fourth-order valence-electron chi connectivity index (χ4n) is 2.87. The number of likely N-dealkylation sites (N-methyl/N-ethyl adjacent to an activating group) is 1. The molecule has 0 amide bonds. The van der Waals surface area contributed by atoms with E-state index in [0.29, 0.717) is 5.75 Å². The molecule has 1 aliphatic heterocycles. The Hall–Kier alpha value is -0.350. The van der Waals surface area contributed by atoms with Crippen molar-refractivity contribution in [3.63, 3.8) is 0 Å². The summed E-state index contributed by atoms with van der Waals surface area (Å²) in [4.78, 5) is 2.11. The maximum Gasteiger partial charge on any atom is 0.156 e. The zero-order chi connectivity index (χ0) is 11.1. The monoisotopic (exact) mass is 229 g/mol. The number of fused-ring (bicyclic) bond motifs is 1. The SMILES string of the molecule is CN(C)[C@@]12CCCCC1=CCS(=O)(=O)C2. The molecule has 0 aromatic carbocycles. The minimum atomic E-state index is -2.87. The highest BCUT2D eigenvalue weighted by Gasteiger charge is 2.44. The van der Waals surface area contributed by atoms with E-state index in [4.69, 9.17) is 0 Å². The molecular weight excluding hydrogens is 210 g/mol. The third-order valence-corrected chi connectivity index (χ3v) is 5.37. The van der Waals surface area contributed by atoms with Crippen LogP contribution in [0, 0.1) is 0 Å². The normalized spacial score (nSPS) is 34.7. The van der Waals surface area contributed by atoms with Crippen LogP contribution in [-0.4, -0.2) is 44.5 Å². The van der Waals surface area contributed by atoms with Crippen molar-refractivity contribution in [3.05, 3.63) is 11.6 Å². The van der Waals surface area contributed by atoms with E-state index in [1.165, 1.54) is 12.0 Å². The second-order valence-corrected chi connectivity index (χ2v) is 7.03. The first-order valence-corrected chi connectivity index (χ1v) is 7.36. The smallest absolute Gasteiger partial charge is 0.156 e. The molecule has 1 saturated carbocycles. The molecule has 86 valence electrons. The third kappa shape index (κ3) is 1.85. The van der Waals surface area contributed by atoms with E-state index in [1.54, 1.807) is 0 Å². The van der Waals surface area contributed by atoms with Gasteiger partial charge in [0.1, 0.15) is 0 Å². The minimum Gasteiger partial charge on any atom is -0.299 e. The van der Waals surface area contributed by atoms with E-state index in [1.807, 2.05) is 20.2 Å². The van der Waals surface area contributed by atoms with Gasteiger partial charge in [0.15, 0.2) is 9.84 Å². The highest BCUT2D eigenvalue weighted by atomic mass is 32.2. The zero-order valence-corrected chi connectivity index (χ0v) is 10.3. The van der Waals surface area contributed by atoms with Crippen LogP contribution in [0.3, 0.4) is 0 Å². The van der Waals surface area contributed by atoms with Gasteiger partial charge in [0, 0.05) is 0 Å². The van der Waals surface area contributed by atoms with Gasteiger partial charge in [-0.15, -0.1) is 0 Å². The number of rotatable bonds is 1. The van der Waals surface area contributed by atoms with Gasteiger partial charge in [-0.3, -0.25) is 4.90 Å². The Kier molecular flexibility index (Phi) is 2.67. The lowest BCUT2D eigenvalue weighted by Crippen LogP contribution is -2.54. The predicted octanol–water partition coefficient (Wildman–Crippen LogP) is 1.22. The van der Waals surface area contributed by atoms with Gasteiger partial charge in [-0.1, -0.05) is 18.1 Å². The van der Waals surface area contributed by atoms with Crippen LogP contribution < -0.4 is 0 Å². The second kappa shape index (κ2) is 3.59. The summed E-state index contributed by atoms with van der Waals surface area (Å²) in [6.07, 6.45) is 6.38. The fourth-order valence-corrected chi connectivity index (χ4v) is 4.76. The van der Waals surface area contributed by atoms with E-state index in [0.717, 1.165) is 19.3 Å². The maximum atomic E-state index is 11.7. The standard InChI is InChI=1S/C11H19NO2S/c1-12(2)11-7-4-3-5-10(11)6-8-15(13,14)9-11/h6H,3-5,7-9H2,1-2H3/t11-/m1/s1. The Labute approximate surface area is 92.1 Å². The van der Waals surface area contributed by atoms with Gasteiger partial charge in [0.05, 0.1) is 17.0 Å². The largest absolute Gasteiger partial charge is 0.299 e. The summed E-state index contributed by atoms with van der Waals surface area (Å²) in [5, 5.41) is 0. The molecule has 4 heteroatoms. The van der Waals surface area contributed by atoms with Crippen molar-refractivity contribution in [2.75, 3.05) is 25.6 Å². The molecule has 0 radical (unpaired) electrons. The van der Waals surface area contributed by atoms with Crippen molar-refractivity contribution in [3.8, 4) is 0 Å². The molecule has 0 unspecified atom stereocenters. The van der Waals surface area contributed by atoms with Crippen molar-refractivity contribution in [2.45, 2.75) is 31.2 Å². The maximum absolute atomic E-state index is 11.7. The average molecular weight is 229 g/mol. The molecule has 1 aliphatic carbocycles. The van der Waals surface area contributed by atoms with Crippen LogP contribution in [0.5, 0.6) is 0 Å². The first-order chi connectivity index (χ1) is 6.96. The number of nitrogens with zero attached hydrogens (tertiary/aromatic N) is 1. The van der Waals surface area contributed by atoms with Crippen LogP contribution in [0.2, 0.25) is 0 Å². The van der Waals surface area contributed by atoms with Crippen LogP contribution in [0.15, 0.2) is 11.6 Å². The third-order valence-electron chi connectivity index (χ3n) is 3.78. The molecule has 1 fully saturated rings. The molecule has 2 aliphatic rings. The molecule has 15 heavy (non-hydrogen) atoms. The second-order valence-electron chi connectivity index (χ2n) is 4.92. The van der Waals surface area contributed by atoms with E-state index >= 15 is 0 Å². The molecule has 0 aromatic heterocycles. The molecule has 0 bridgehead atoms. The first kappa shape index (κ1) is 11.1. The molecule has 1 atom stereocenters. The van der Waals surface area contributed by atoms with Crippen LogP contribution in [0.4, 0.5) is 0 Å². The summed E-state index contributed by atoms with van der Waals surface area (Å²) < 4.78 is 23.5. The molecule has 0 spiro atoms. The van der Waals surface area contributed by atoms with Gasteiger partial charge in [0.2, 0.25) is 0 Å². The lowest BCUT2D eigenvalue weighted by atomic mass is 9.77. The summed E-state index contributed by atoms with van der Waals surface area (Å²) in [6, 6.07) is 0. The predicted molar refractivity (Wildman–Crippen MR) is 61.6 cm³/mol. The van der Waals surface area contributed by atoms with Crippen molar-refractivity contribution >= 4 is 9.84 Å². The quantitative estimate of drug-likeness (QED) is 0.634. The summed E-state index contributed by atoms with van der Waals surface area (Å²) in [5.74, 6) is 0.566. The molecule has 0 saturated heterocycles. The Bertz CT molecular complexity index is 383. The van der Waals surface area contributed by atoms with Gasteiger partial charge in [-0.2, -0.15) is 0 Å². The molecule has 0 N–H and O–H groups in total. The molecule has 3 nitrogen and oxygen atoms in total. The van der Waals surface area contributed by atoms with E-state index in [2.05, 4.69) is 4.90 Å².